The molecule has 2 N–H and O–H groups in total. The third kappa shape index (κ3) is 19.0. The molecule has 0 radical (unpaired) electrons. The second-order valence-electron chi connectivity index (χ2n) is 7.03. The molecule has 0 aromatic heterocycles. The van der Waals surface area contributed by atoms with E-state index in [1.54, 1.807) is 0 Å². The van der Waals surface area contributed by atoms with E-state index in [4.69, 9.17) is 5.11 Å². The van der Waals surface area contributed by atoms with E-state index in [1.807, 2.05) is 13.8 Å². The number of amides is 1. The Morgan fingerprint density at radius 1 is 0.783 bits per heavy atom. The third-order valence-electron chi connectivity index (χ3n) is 4.07. The van der Waals surface area contributed by atoms with Crippen molar-refractivity contribution < 1.29 is 9.90 Å². The van der Waals surface area contributed by atoms with E-state index < -0.39 is 0 Å². The lowest BCUT2D eigenvalue weighted by molar-refractivity contribution is -0.121. The number of carbonyl (C=O) groups excluding carboxylic acids is 1. The number of rotatable bonds is 16. The second-order valence-corrected chi connectivity index (χ2v) is 7.03. The van der Waals surface area contributed by atoms with Gasteiger partial charge in [-0.15, -0.1) is 0 Å². The summed E-state index contributed by atoms with van der Waals surface area (Å²) in [5.74, 6) is 0.522. The number of aliphatic hydroxyl groups excluding tert-OH is 1. The van der Waals surface area contributed by atoms with Crippen molar-refractivity contribution in [2.75, 3.05) is 0 Å². The monoisotopic (exact) mass is 325 g/mol. The Hall–Kier alpha value is -0.990. The molecule has 0 heterocycles. The highest BCUT2D eigenvalue weighted by Crippen LogP contribution is 2.13. The van der Waals surface area contributed by atoms with Gasteiger partial charge in [0.15, 0.2) is 0 Å². The van der Waals surface area contributed by atoms with Crippen LogP contribution < -0.4 is 5.32 Å². The molecule has 3 nitrogen and oxygen atoms in total. The molecule has 0 atom stereocenters. The number of hydrogen-bond donors (Lipinski definition) is 2. The van der Waals surface area contributed by atoms with E-state index in [2.05, 4.69) is 11.9 Å². The highest BCUT2D eigenvalue weighted by Gasteiger charge is 2.02. The topological polar surface area (TPSA) is 49.3 Å². The van der Waals surface area contributed by atoms with Gasteiger partial charge in [0.1, 0.15) is 0 Å². The summed E-state index contributed by atoms with van der Waals surface area (Å²) >= 11 is 0. The van der Waals surface area contributed by atoms with Crippen LogP contribution in [-0.2, 0) is 4.79 Å². The van der Waals surface area contributed by atoms with E-state index >= 15 is 0 Å². The van der Waals surface area contributed by atoms with E-state index in [0.717, 1.165) is 19.3 Å². The average Bonchev–Trinajstić information content (AvgIpc) is 2.46. The fourth-order valence-corrected chi connectivity index (χ4v) is 2.78. The van der Waals surface area contributed by atoms with Crippen molar-refractivity contribution >= 4 is 5.91 Å². The Bertz CT molecular complexity index is 300. The molecule has 0 aromatic rings. The van der Waals surface area contributed by atoms with Gasteiger partial charge in [-0.25, -0.2) is 0 Å². The van der Waals surface area contributed by atoms with Crippen molar-refractivity contribution in [3.63, 3.8) is 0 Å². The van der Waals surface area contributed by atoms with Gasteiger partial charge in [-0.3, -0.25) is 4.79 Å². The molecule has 23 heavy (non-hydrogen) atoms. The summed E-state index contributed by atoms with van der Waals surface area (Å²) in [4.78, 5) is 11.5. The predicted octanol–water partition coefficient (Wildman–Crippen LogP) is 6.04. The first-order valence-electron chi connectivity index (χ1n) is 9.68. The largest absolute Gasteiger partial charge is 0.513 e. The first kappa shape index (κ1) is 22.0. The normalized spacial score (nSPS) is 10.9. The maximum atomic E-state index is 11.5. The summed E-state index contributed by atoms with van der Waals surface area (Å²) in [7, 11) is 0. The summed E-state index contributed by atoms with van der Waals surface area (Å²) in [6.45, 7) is 7.51. The van der Waals surface area contributed by atoms with Gasteiger partial charge in [-0.05, 0) is 26.7 Å². The van der Waals surface area contributed by atoms with Gasteiger partial charge in [0, 0.05) is 18.9 Å². The number of allylic oxidation sites excluding steroid dienone is 1. The zero-order chi connectivity index (χ0) is 17.3. The van der Waals surface area contributed by atoms with Crippen LogP contribution >= 0.6 is 0 Å². The van der Waals surface area contributed by atoms with Crippen LogP contribution in [0.3, 0.4) is 0 Å². The van der Waals surface area contributed by atoms with Gasteiger partial charge in [-0.2, -0.15) is 0 Å². The van der Waals surface area contributed by atoms with Crippen LogP contribution in [0, 0.1) is 0 Å². The van der Waals surface area contributed by atoms with Crippen molar-refractivity contribution in [1.29, 1.82) is 0 Å². The van der Waals surface area contributed by atoms with Crippen molar-refractivity contribution in [3.05, 3.63) is 12.3 Å². The zero-order valence-corrected chi connectivity index (χ0v) is 15.5. The molecular formula is C20H39NO2. The van der Waals surface area contributed by atoms with Crippen LogP contribution in [0.15, 0.2) is 12.3 Å². The molecule has 0 rings (SSSR count). The lowest BCUT2D eigenvalue weighted by Gasteiger charge is -2.07. The minimum absolute atomic E-state index is 0.198. The number of nitrogens with one attached hydrogen (secondary N) is 1. The predicted molar refractivity (Wildman–Crippen MR) is 99.7 cm³/mol. The van der Waals surface area contributed by atoms with E-state index in [-0.39, 0.29) is 11.9 Å². The number of carbonyl (C=O) groups is 1. The maximum Gasteiger partial charge on any atom is 0.220 e. The molecule has 0 fully saturated rings. The average molecular weight is 326 g/mol. The summed E-state index contributed by atoms with van der Waals surface area (Å²) in [6.07, 6.45) is 16.5. The highest BCUT2D eigenvalue weighted by atomic mass is 16.3. The molecule has 136 valence electrons. The fraction of sp³-hybridized carbons (Fsp3) is 0.850. The SMILES string of the molecule is C=C(O)CCCCCCCCCCCCCCC(=O)NC(C)C. The minimum atomic E-state index is 0.198. The summed E-state index contributed by atoms with van der Waals surface area (Å²) in [6, 6.07) is 0.261. The van der Waals surface area contributed by atoms with Gasteiger partial charge >= 0.3 is 0 Å². The first-order chi connectivity index (χ1) is 11.0. The Balaban J connectivity index is 3.11. The first-order valence-corrected chi connectivity index (χ1v) is 9.68. The van der Waals surface area contributed by atoms with E-state index in [0.29, 0.717) is 12.2 Å². The quantitative estimate of drug-likeness (QED) is 0.268. The van der Waals surface area contributed by atoms with Gasteiger partial charge in [-0.1, -0.05) is 70.8 Å². The van der Waals surface area contributed by atoms with Crippen LogP contribution in [0.5, 0.6) is 0 Å². The number of hydrogen-bond acceptors (Lipinski definition) is 2. The molecule has 3 heteroatoms. The lowest BCUT2D eigenvalue weighted by atomic mass is 10.0. The van der Waals surface area contributed by atoms with Crippen LogP contribution in [0.2, 0.25) is 0 Å². The molecule has 0 saturated carbocycles. The van der Waals surface area contributed by atoms with Gasteiger partial charge < -0.3 is 10.4 Å². The van der Waals surface area contributed by atoms with Gasteiger partial charge in [0.2, 0.25) is 5.91 Å². The number of aliphatic hydroxyl groups is 1. The standard InChI is InChI=1S/C20H39NO2/c1-18(2)21-20(23)17-15-13-11-9-7-5-4-6-8-10-12-14-16-19(3)22/h18,22H,3-17H2,1-2H3,(H,21,23). The van der Waals surface area contributed by atoms with E-state index in [9.17, 15) is 4.79 Å². The Labute approximate surface area is 143 Å². The molecule has 0 spiro atoms. The van der Waals surface area contributed by atoms with Crippen molar-refractivity contribution in [2.45, 2.75) is 110 Å². The van der Waals surface area contributed by atoms with E-state index in [1.165, 1.54) is 64.2 Å². The third-order valence-corrected chi connectivity index (χ3v) is 4.07. The molecule has 0 bridgehead atoms. The van der Waals surface area contributed by atoms with Crippen LogP contribution in [0.1, 0.15) is 104 Å². The molecule has 0 aliphatic rings. The van der Waals surface area contributed by atoms with Crippen LogP contribution in [0.25, 0.3) is 0 Å². The smallest absolute Gasteiger partial charge is 0.220 e. The Kier molecular flexibility index (Phi) is 15.2. The number of unbranched alkanes of at least 4 members (excludes halogenated alkanes) is 11. The molecular weight excluding hydrogens is 286 g/mol. The molecule has 0 aliphatic heterocycles. The van der Waals surface area contributed by atoms with Gasteiger partial charge in [0.05, 0.1) is 5.76 Å². The van der Waals surface area contributed by atoms with Crippen LogP contribution in [0.4, 0.5) is 0 Å². The molecule has 0 saturated heterocycles. The zero-order valence-electron chi connectivity index (χ0n) is 15.5. The molecule has 1 amide bonds. The Morgan fingerprint density at radius 3 is 1.48 bits per heavy atom. The fourth-order valence-electron chi connectivity index (χ4n) is 2.78. The molecule has 0 unspecified atom stereocenters. The highest BCUT2D eigenvalue weighted by molar-refractivity contribution is 5.76. The van der Waals surface area contributed by atoms with Crippen molar-refractivity contribution in [3.8, 4) is 0 Å². The summed E-state index contributed by atoms with van der Waals surface area (Å²) in [5.41, 5.74) is 0. The maximum absolute atomic E-state index is 11.5. The van der Waals surface area contributed by atoms with Crippen molar-refractivity contribution in [1.82, 2.24) is 5.32 Å². The second kappa shape index (κ2) is 15.9. The molecule has 0 aromatic carbocycles. The van der Waals surface area contributed by atoms with Crippen LogP contribution in [-0.4, -0.2) is 17.1 Å². The lowest BCUT2D eigenvalue weighted by Crippen LogP contribution is -2.29. The Morgan fingerprint density at radius 2 is 1.13 bits per heavy atom. The minimum Gasteiger partial charge on any atom is -0.513 e. The summed E-state index contributed by atoms with van der Waals surface area (Å²) in [5, 5.41) is 11.9. The van der Waals surface area contributed by atoms with Crippen molar-refractivity contribution in [2.24, 2.45) is 0 Å². The summed E-state index contributed by atoms with van der Waals surface area (Å²) < 4.78 is 0. The van der Waals surface area contributed by atoms with Gasteiger partial charge in [0.25, 0.3) is 0 Å². The molecule has 0 aliphatic carbocycles.